The maximum Gasteiger partial charge on any atom is 0.410 e. The van der Waals surface area contributed by atoms with Crippen LogP contribution in [0, 0.1) is 6.92 Å². The molecule has 9 heteroatoms. The lowest BCUT2D eigenvalue weighted by atomic mass is 10.2. The number of nitrogens with one attached hydrogen (secondary N) is 1. The zero-order valence-corrected chi connectivity index (χ0v) is 21.9. The molecule has 1 aliphatic heterocycles. The van der Waals surface area contributed by atoms with Crippen LogP contribution < -0.4 is 10.2 Å². The number of rotatable bonds is 6. The molecule has 0 aliphatic carbocycles. The second-order valence-corrected chi connectivity index (χ2v) is 11.9. The number of benzene rings is 1. The average Bonchev–Trinajstić information content (AvgIpc) is 3.53. The van der Waals surface area contributed by atoms with Crippen molar-refractivity contribution in [3.05, 3.63) is 52.5 Å². The smallest absolute Gasteiger partial charge is 0.410 e. The summed E-state index contributed by atoms with van der Waals surface area (Å²) in [6.07, 6.45) is 1.71. The monoisotopic (exact) mass is 500 g/mol. The number of thiazole rings is 1. The van der Waals surface area contributed by atoms with Crippen LogP contribution in [0.3, 0.4) is 0 Å². The van der Waals surface area contributed by atoms with Gasteiger partial charge in [0.25, 0.3) is 0 Å². The highest BCUT2D eigenvalue weighted by atomic mass is 32.1. The summed E-state index contributed by atoms with van der Waals surface area (Å²) >= 11 is 3.22. The second kappa shape index (κ2) is 9.93. The second-order valence-electron chi connectivity index (χ2n) is 9.52. The number of thiophene rings is 1. The number of hydrogen-bond donors (Lipinski definition) is 2. The molecule has 0 radical (unpaired) electrons. The SMILES string of the molecule is Cc1ncc(-c2ccc(C(O)Nc3ccc(N4CCC(N(C)C(=O)OC(C)(C)C)C4)cc3)s2)s1. The van der Waals surface area contributed by atoms with Crippen molar-refractivity contribution in [3.63, 3.8) is 0 Å². The van der Waals surface area contributed by atoms with Gasteiger partial charge in [-0.1, -0.05) is 0 Å². The van der Waals surface area contributed by atoms with Gasteiger partial charge in [0.05, 0.1) is 20.8 Å². The van der Waals surface area contributed by atoms with Crippen LogP contribution in [0.2, 0.25) is 0 Å². The summed E-state index contributed by atoms with van der Waals surface area (Å²) in [4.78, 5) is 23.8. The summed E-state index contributed by atoms with van der Waals surface area (Å²) in [7, 11) is 1.81. The largest absolute Gasteiger partial charge is 0.444 e. The van der Waals surface area contributed by atoms with Crippen molar-refractivity contribution in [2.75, 3.05) is 30.4 Å². The summed E-state index contributed by atoms with van der Waals surface area (Å²) in [5, 5.41) is 14.9. The van der Waals surface area contributed by atoms with Gasteiger partial charge in [-0.3, -0.25) is 0 Å². The molecule has 2 N–H and O–H groups in total. The van der Waals surface area contributed by atoms with Crippen LogP contribution in [0.15, 0.2) is 42.6 Å². The number of aliphatic hydroxyl groups excluding tert-OH is 1. The van der Waals surface area contributed by atoms with E-state index in [0.29, 0.717) is 0 Å². The molecule has 0 spiro atoms. The number of hydrogen-bond acceptors (Lipinski definition) is 8. The molecule has 2 atom stereocenters. The third kappa shape index (κ3) is 5.89. The summed E-state index contributed by atoms with van der Waals surface area (Å²) in [6, 6.07) is 12.1. The Morgan fingerprint density at radius 3 is 2.59 bits per heavy atom. The molecular formula is C25H32N4O3S2. The fourth-order valence-corrected chi connectivity index (χ4v) is 5.68. The standard InChI is InChI=1S/C25H32N4O3S2/c1-16-26-14-22(33-16)20-10-11-21(34-20)23(30)27-17-6-8-18(9-7-17)29-13-12-19(15-29)28(5)24(31)32-25(2,3)4/h6-11,14,19,23,27,30H,12-13,15H2,1-5H3. The normalized spacial score (nSPS) is 17.0. The van der Waals surface area contributed by atoms with Gasteiger partial charge < -0.3 is 25.0 Å². The highest BCUT2D eigenvalue weighted by Gasteiger charge is 2.31. The number of aromatic nitrogens is 1. The van der Waals surface area contributed by atoms with Crippen LogP contribution >= 0.6 is 22.7 Å². The Morgan fingerprint density at radius 1 is 1.21 bits per heavy atom. The average molecular weight is 501 g/mol. The molecule has 1 saturated heterocycles. The van der Waals surface area contributed by atoms with Crippen LogP contribution in [0.5, 0.6) is 0 Å². The maximum atomic E-state index is 12.4. The number of anilines is 2. The first kappa shape index (κ1) is 24.5. The first-order chi connectivity index (χ1) is 16.1. The predicted octanol–water partition coefficient (Wildman–Crippen LogP) is 5.73. The molecule has 182 valence electrons. The number of likely N-dealkylation sites (N-methyl/N-ethyl adjacent to an activating group) is 1. The Bertz CT molecular complexity index is 1120. The first-order valence-corrected chi connectivity index (χ1v) is 13.0. The molecule has 0 bridgehead atoms. The summed E-state index contributed by atoms with van der Waals surface area (Å²) in [5.74, 6) is 0. The van der Waals surface area contributed by atoms with Gasteiger partial charge in [0.15, 0.2) is 6.23 Å². The lowest BCUT2D eigenvalue weighted by Crippen LogP contribution is -2.42. The molecule has 2 aromatic heterocycles. The van der Waals surface area contributed by atoms with E-state index in [1.807, 2.05) is 77.3 Å². The van der Waals surface area contributed by atoms with Gasteiger partial charge >= 0.3 is 6.09 Å². The third-order valence-corrected chi connectivity index (χ3v) is 7.94. The molecule has 0 saturated carbocycles. The van der Waals surface area contributed by atoms with E-state index in [9.17, 15) is 9.90 Å². The molecule has 3 aromatic rings. The maximum absolute atomic E-state index is 12.4. The van der Waals surface area contributed by atoms with Crippen LogP contribution in [-0.2, 0) is 4.74 Å². The molecule has 34 heavy (non-hydrogen) atoms. The lowest BCUT2D eigenvalue weighted by Gasteiger charge is -2.28. The number of aryl methyl sites for hydroxylation is 1. The topological polar surface area (TPSA) is 77.9 Å². The van der Waals surface area contributed by atoms with E-state index < -0.39 is 11.8 Å². The molecule has 1 fully saturated rings. The van der Waals surface area contributed by atoms with Crippen LogP contribution in [0.1, 0.15) is 43.3 Å². The summed E-state index contributed by atoms with van der Waals surface area (Å²) in [6.45, 7) is 9.27. The molecule has 3 heterocycles. The van der Waals surface area contributed by atoms with Crippen molar-refractivity contribution in [3.8, 4) is 9.75 Å². The van der Waals surface area contributed by atoms with Crippen molar-refractivity contribution >= 4 is 40.1 Å². The first-order valence-electron chi connectivity index (χ1n) is 11.4. The van der Waals surface area contributed by atoms with Crippen molar-refractivity contribution in [1.82, 2.24) is 9.88 Å². The van der Waals surface area contributed by atoms with Crippen molar-refractivity contribution in [2.45, 2.75) is 52.0 Å². The third-order valence-electron chi connectivity index (χ3n) is 5.69. The Kier molecular flexibility index (Phi) is 7.16. The Hall–Kier alpha value is -2.62. The van der Waals surface area contributed by atoms with Gasteiger partial charge in [-0.25, -0.2) is 9.78 Å². The summed E-state index contributed by atoms with van der Waals surface area (Å²) < 4.78 is 5.50. The van der Waals surface area contributed by atoms with Crippen LogP contribution in [-0.4, -0.2) is 52.9 Å². The van der Waals surface area contributed by atoms with E-state index in [4.69, 9.17) is 4.74 Å². The Morgan fingerprint density at radius 2 is 1.94 bits per heavy atom. The number of aliphatic hydroxyl groups is 1. The number of nitrogens with zero attached hydrogens (tertiary/aromatic N) is 3. The molecule has 2 unspecified atom stereocenters. The van der Waals surface area contributed by atoms with Crippen LogP contribution in [0.25, 0.3) is 9.75 Å². The van der Waals surface area contributed by atoms with Gasteiger partial charge in [-0.15, -0.1) is 22.7 Å². The fourth-order valence-electron chi connectivity index (χ4n) is 3.88. The number of amides is 1. The molecule has 1 aliphatic rings. The molecular weight excluding hydrogens is 468 g/mol. The van der Waals surface area contributed by atoms with Crippen molar-refractivity contribution < 1.29 is 14.6 Å². The molecule has 4 rings (SSSR count). The molecule has 1 amide bonds. The molecule has 7 nitrogen and oxygen atoms in total. The van der Waals surface area contributed by atoms with Crippen molar-refractivity contribution in [1.29, 1.82) is 0 Å². The van der Waals surface area contributed by atoms with E-state index in [-0.39, 0.29) is 12.1 Å². The highest BCUT2D eigenvalue weighted by Crippen LogP contribution is 2.35. The van der Waals surface area contributed by atoms with E-state index in [0.717, 1.165) is 50.5 Å². The Balaban J connectivity index is 1.33. The van der Waals surface area contributed by atoms with E-state index in [1.54, 1.807) is 27.6 Å². The van der Waals surface area contributed by atoms with E-state index in [2.05, 4.69) is 15.2 Å². The predicted molar refractivity (Wildman–Crippen MR) is 140 cm³/mol. The van der Waals surface area contributed by atoms with Gasteiger partial charge in [0.1, 0.15) is 5.60 Å². The van der Waals surface area contributed by atoms with Gasteiger partial charge in [0.2, 0.25) is 0 Å². The highest BCUT2D eigenvalue weighted by molar-refractivity contribution is 7.22. The fraction of sp³-hybridized carbons (Fsp3) is 0.440. The van der Waals surface area contributed by atoms with Crippen LogP contribution in [0.4, 0.5) is 16.2 Å². The van der Waals surface area contributed by atoms with Gasteiger partial charge in [-0.05, 0) is 70.5 Å². The van der Waals surface area contributed by atoms with Gasteiger partial charge in [-0.2, -0.15) is 0 Å². The number of carbonyl (C=O) groups excluding carboxylic acids is 1. The Labute approximate surface area is 209 Å². The number of carbonyl (C=O) groups is 1. The summed E-state index contributed by atoms with van der Waals surface area (Å²) in [5.41, 5.74) is 1.45. The van der Waals surface area contributed by atoms with Crippen molar-refractivity contribution in [2.24, 2.45) is 0 Å². The van der Waals surface area contributed by atoms with E-state index >= 15 is 0 Å². The zero-order chi connectivity index (χ0) is 24.5. The quantitative estimate of drug-likeness (QED) is 0.421. The lowest BCUT2D eigenvalue weighted by molar-refractivity contribution is 0.0238. The minimum Gasteiger partial charge on any atom is -0.444 e. The molecule has 1 aromatic carbocycles. The van der Waals surface area contributed by atoms with Gasteiger partial charge in [0, 0.05) is 42.6 Å². The minimum atomic E-state index is -0.780. The number of ether oxygens (including phenoxy) is 1. The zero-order valence-electron chi connectivity index (χ0n) is 20.2. The minimum absolute atomic E-state index is 0.116. The van der Waals surface area contributed by atoms with E-state index in [1.165, 1.54) is 0 Å².